The second-order valence-electron chi connectivity index (χ2n) is 5.62. The van der Waals surface area contributed by atoms with E-state index in [1.807, 2.05) is 26.0 Å². The van der Waals surface area contributed by atoms with E-state index in [4.69, 9.17) is 0 Å². The van der Waals surface area contributed by atoms with E-state index in [9.17, 15) is 9.50 Å². The van der Waals surface area contributed by atoms with Crippen LogP contribution in [0.4, 0.5) is 4.39 Å². The molecule has 0 spiro atoms. The summed E-state index contributed by atoms with van der Waals surface area (Å²) in [6.45, 7) is 5.37. The van der Waals surface area contributed by atoms with Crippen LogP contribution in [-0.4, -0.2) is 34.2 Å². The summed E-state index contributed by atoms with van der Waals surface area (Å²) >= 11 is 1.53. The van der Waals surface area contributed by atoms with Crippen molar-refractivity contribution in [3.05, 3.63) is 40.8 Å². The Bertz CT molecular complexity index is 643. The van der Waals surface area contributed by atoms with E-state index >= 15 is 0 Å². The van der Waals surface area contributed by atoms with Crippen molar-refractivity contribution in [2.45, 2.75) is 32.4 Å². The Morgan fingerprint density at radius 3 is 2.86 bits per heavy atom. The molecule has 112 valence electrons. The monoisotopic (exact) mass is 306 g/mol. The first kappa shape index (κ1) is 14.6. The highest BCUT2D eigenvalue weighted by atomic mass is 32.1. The standard InChI is InChI=1S/C16H19FN2OS/c1-10-16(21-9-18-10)12-3-4-14(15(17)7-12)11(2)19-6-5-13(20)8-19/h3-4,7,9,11,13,20H,5-6,8H2,1-2H3/t11-,13+/m0/s1. The lowest BCUT2D eigenvalue weighted by molar-refractivity contribution is 0.162. The summed E-state index contributed by atoms with van der Waals surface area (Å²) in [4.78, 5) is 7.36. The van der Waals surface area contributed by atoms with Crippen LogP contribution in [0.15, 0.2) is 23.7 Å². The molecular formula is C16H19FN2OS. The number of nitrogens with zero attached hydrogens (tertiary/aromatic N) is 2. The lowest BCUT2D eigenvalue weighted by atomic mass is 10.0. The van der Waals surface area contributed by atoms with E-state index in [0.29, 0.717) is 12.1 Å². The lowest BCUT2D eigenvalue weighted by Gasteiger charge is -2.24. The molecule has 5 heteroatoms. The van der Waals surface area contributed by atoms with Gasteiger partial charge < -0.3 is 5.11 Å². The van der Waals surface area contributed by atoms with Gasteiger partial charge in [0, 0.05) is 24.7 Å². The number of hydrogen-bond donors (Lipinski definition) is 1. The third-order valence-corrected chi connectivity index (χ3v) is 5.18. The molecule has 3 nitrogen and oxygen atoms in total. The minimum Gasteiger partial charge on any atom is -0.392 e. The van der Waals surface area contributed by atoms with Crippen LogP contribution in [0.5, 0.6) is 0 Å². The summed E-state index contributed by atoms with van der Waals surface area (Å²) in [6.07, 6.45) is 0.485. The zero-order valence-corrected chi connectivity index (χ0v) is 13.0. The number of hydrogen-bond acceptors (Lipinski definition) is 4. The van der Waals surface area contributed by atoms with Gasteiger partial charge >= 0.3 is 0 Å². The Morgan fingerprint density at radius 2 is 2.29 bits per heavy atom. The number of benzene rings is 1. The Balaban J connectivity index is 1.86. The number of aryl methyl sites for hydroxylation is 1. The van der Waals surface area contributed by atoms with Crippen LogP contribution in [-0.2, 0) is 0 Å². The van der Waals surface area contributed by atoms with Gasteiger partial charge in [-0.15, -0.1) is 11.3 Å². The number of β-amino-alcohol motifs (C(OH)–C–C–N with tert-alkyl or cyclic N) is 1. The van der Waals surface area contributed by atoms with Gasteiger partial charge in [0.15, 0.2) is 0 Å². The SMILES string of the molecule is Cc1ncsc1-c1ccc([C@H](C)N2CC[C@@H](O)C2)c(F)c1. The summed E-state index contributed by atoms with van der Waals surface area (Å²) in [6, 6.07) is 5.40. The third-order valence-electron chi connectivity index (χ3n) is 4.20. The van der Waals surface area contributed by atoms with Crippen molar-refractivity contribution in [3.8, 4) is 10.4 Å². The van der Waals surface area contributed by atoms with E-state index in [1.54, 1.807) is 11.6 Å². The summed E-state index contributed by atoms with van der Waals surface area (Å²) in [5, 5.41) is 9.62. The van der Waals surface area contributed by atoms with Crippen molar-refractivity contribution in [2.75, 3.05) is 13.1 Å². The summed E-state index contributed by atoms with van der Waals surface area (Å²) in [5.41, 5.74) is 4.29. The van der Waals surface area contributed by atoms with E-state index in [1.165, 1.54) is 11.3 Å². The summed E-state index contributed by atoms with van der Waals surface area (Å²) in [7, 11) is 0. The normalized spacial score (nSPS) is 20.9. The van der Waals surface area contributed by atoms with E-state index < -0.39 is 0 Å². The molecule has 1 aliphatic heterocycles. The van der Waals surface area contributed by atoms with Gasteiger partial charge in [0.25, 0.3) is 0 Å². The third kappa shape index (κ3) is 2.86. The predicted octanol–water partition coefficient (Wildman–Crippen LogP) is 3.39. The van der Waals surface area contributed by atoms with Gasteiger partial charge in [0.05, 0.1) is 22.2 Å². The number of aliphatic hydroxyl groups excluding tert-OH is 1. The molecule has 1 aliphatic rings. The first-order valence-corrected chi connectivity index (χ1v) is 8.06. The zero-order chi connectivity index (χ0) is 15.0. The number of thiazole rings is 1. The van der Waals surface area contributed by atoms with Gasteiger partial charge in [0.2, 0.25) is 0 Å². The van der Waals surface area contributed by atoms with Crippen molar-refractivity contribution in [1.82, 2.24) is 9.88 Å². The number of likely N-dealkylation sites (tertiary alicyclic amines) is 1. The van der Waals surface area contributed by atoms with Gasteiger partial charge in [-0.1, -0.05) is 12.1 Å². The van der Waals surface area contributed by atoms with Crippen LogP contribution < -0.4 is 0 Å². The summed E-state index contributed by atoms with van der Waals surface area (Å²) < 4.78 is 14.5. The maximum atomic E-state index is 14.5. The second kappa shape index (κ2) is 5.83. The zero-order valence-electron chi connectivity index (χ0n) is 12.2. The number of aliphatic hydroxyl groups is 1. The quantitative estimate of drug-likeness (QED) is 0.944. The summed E-state index contributed by atoms with van der Waals surface area (Å²) in [5.74, 6) is -0.186. The largest absolute Gasteiger partial charge is 0.392 e. The van der Waals surface area contributed by atoms with Crippen molar-refractivity contribution in [3.63, 3.8) is 0 Å². The van der Waals surface area contributed by atoms with E-state index in [0.717, 1.165) is 29.1 Å². The van der Waals surface area contributed by atoms with Gasteiger partial charge in [-0.25, -0.2) is 9.37 Å². The number of halogens is 1. The van der Waals surface area contributed by atoms with E-state index in [2.05, 4.69) is 9.88 Å². The molecule has 0 aliphatic carbocycles. The van der Waals surface area contributed by atoms with Gasteiger partial charge in [-0.05, 0) is 31.9 Å². The van der Waals surface area contributed by atoms with Crippen LogP contribution in [0, 0.1) is 12.7 Å². The Kier molecular flexibility index (Phi) is 4.06. The fourth-order valence-corrected chi connectivity index (χ4v) is 3.71. The topological polar surface area (TPSA) is 36.4 Å². The van der Waals surface area contributed by atoms with Crippen LogP contribution in [0.2, 0.25) is 0 Å². The molecular weight excluding hydrogens is 287 g/mol. The van der Waals surface area contributed by atoms with Crippen molar-refractivity contribution < 1.29 is 9.50 Å². The number of rotatable bonds is 3. The molecule has 1 fully saturated rings. The Labute approximate surface area is 128 Å². The Hall–Kier alpha value is -1.30. The molecule has 2 heterocycles. The second-order valence-corrected chi connectivity index (χ2v) is 6.47. The molecule has 0 saturated carbocycles. The molecule has 1 N–H and O–H groups in total. The van der Waals surface area contributed by atoms with Crippen molar-refractivity contribution in [2.24, 2.45) is 0 Å². The fourth-order valence-electron chi connectivity index (χ4n) is 2.90. The first-order valence-electron chi connectivity index (χ1n) is 7.18. The average molecular weight is 306 g/mol. The van der Waals surface area contributed by atoms with Crippen molar-refractivity contribution >= 4 is 11.3 Å². The van der Waals surface area contributed by atoms with Gasteiger partial charge in [-0.2, -0.15) is 0 Å². The van der Waals surface area contributed by atoms with Crippen LogP contribution in [0.3, 0.4) is 0 Å². The average Bonchev–Trinajstić information content (AvgIpc) is 3.06. The highest BCUT2D eigenvalue weighted by Crippen LogP contribution is 2.32. The minimum atomic E-state index is -0.283. The molecule has 0 radical (unpaired) electrons. The smallest absolute Gasteiger partial charge is 0.128 e. The maximum Gasteiger partial charge on any atom is 0.128 e. The molecule has 1 saturated heterocycles. The molecule has 0 amide bonds. The van der Waals surface area contributed by atoms with Gasteiger partial charge in [0.1, 0.15) is 5.82 Å². The number of aromatic nitrogens is 1. The Morgan fingerprint density at radius 1 is 1.48 bits per heavy atom. The molecule has 1 aromatic heterocycles. The maximum absolute atomic E-state index is 14.5. The van der Waals surface area contributed by atoms with Crippen molar-refractivity contribution in [1.29, 1.82) is 0 Å². The lowest BCUT2D eigenvalue weighted by Crippen LogP contribution is -2.26. The molecule has 1 aromatic carbocycles. The molecule has 21 heavy (non-hydrogen) atoms. The molecule has 2 atom stereocenters. The molecule has 0 unspecified atom stereocenters. The van der Waals surface area contributed by atoms with E-state index in [-0.39, 0.29) is 18.0 Å². The minimum absolute atomic E-state index is 0.0150. The van der Waals surface area contributed by atoms with Crippen LogP contribution in [0.25, 0.3) is 10.4 Å². The predicted molar refractivity (Wildman–Crippen MR) is 82.9 cm³/mol. The molecule has 3 rings (SSSR count). The van der Waals surface area contributed by atoms with Gasteiger partial charge in [-0.3, -0.25) is 4.90 Å². The first-order chi connectivity index (χ1) is 10.1. The molecule has 2 aromatic rings. The fraction of sp³-hybridized carbons (Fsp3) is 0.438. The highest BCUT2D eigenvalue weighted by molar-refractivity contribution is 7.13. The van der Waals surface area contributed by atoms with Crippen LogP contribution in [0.1, 0.15) is 30.6 Å². The van der Waals surface area contributed by atoms with Crippen LogP contribution >= 0.6 is 11.3 Å². The molecule has 0 bridgehead atoms. The highest BCUT2D eigenvalue weighted by Gasteiger charge is 2.26.